The van der Waals surface area contributed by atoms with Crippen LogP contribution in [0.1, 0.15) is 31.2 Å². The van der Waals surface area contributed by atoms with Crippen LogP contribution in [0.3, 0.4) is 0 Å². The minimum atomic E-state index is -0.742. The van der Waals surface area contributed by atoms with E-state index < -0.39 is 5.60 Å². The first-order valence-electron chi connectivity index (χ1n) is 6.70. The van der Waals surface area contributed by atoms with Crippen molar-refractivity contribution >= 4 is 11.8 Å². The number of benzene rings is 1. The van der Waals surface area contributed by atoms with Gasteiger partial charge in [0.25, 0.3) is 0 Å². The van der Waals surface area contributed by atoms with E-state index in [1.807, 2.05) is 36.4 Å². The number of carbonyl (C=O) groups excluding carboxylic acids is 2. The van der Waals surface area contributed by atoms with Crippen LogP contribution in [0.2, 0.25) is 0 Å². The molecule has 0 radical (unpaired) electrons. The summed E-state index contributed by atoms with van der Waals surface area (Å²) in [5.41, 5.74) is 0.214. The first-order valence-corrected chi connectivity index (χ1v) is 6.70. The molecule has 2 atom stereocenters. The van der Waals surface area contributed by atoms with Gasteiger partial charge in [-0.3, -0.25) is 4.79 Å². The van der Waals surface area contributed by atoms with Gasteiger partial charge in [-0.1, -0.05) is 30.3 Å². The lowest BCUT2D eigenvalue weighted by Crippen LogP contribution is -2.38. The van der Waals surface area contributed by atoms with Crippen LogP contribution in [0.4, 0.5) is 0 Å². The molecule has 0 N–H and O–H groups in total. The Morgan fingerprint density at radius 2 is 1.95 bits per heavy atom. The van der Waals surface area contributed by atoms with Crippen LogP contribution >= 0.6 is 0 Å². The number of esters is 1. The highest BCUT2D eigenvalue weighted by atomic mass is 16.6. The molecule has 1 saturated carbocycles. The first-order chi connectivity index (χ1) is 9.21. The molecule has 0 amide bonds. The van der Waals surface area contributed by atoms with E-state index in [4.69, 9.17) is 4.74 Å². The van der Waals surface area contributed by atoms with Crippen molar-refractivity contribution < 1.29 is 14.3 Å². The molecule has 98 valence electrons. The second kappa shape index (κ2) is 4.65. The number of ether oxygens (including phenoxy) is 1. The third-order valence-electron chi connectivity index (χ3n) is 4.05. The summed E-state index contributed by atoms with van der Waals surface area (Å²) in [6.45, 7) is 0. The maximum Gasteiger partial charge on any atom is 0.331 e. The number of hydrogen-bond donors (Lipinski definition) is 0. The van der Waals surface area contributed by atoms with Crippen molar-refractivity contribution in [3.05, 3.63) is 48.0 Å². The van der Waals surface area contributed by atoms with Crippen molar-refractivity contribution in [2.24, 2.45) is 5.92 Å². The molecule has 3 heteroatoms. The lowest BCUT2D eigenvalue weighted by molar-refractivity contribution is -0.153. The minimum absolute atomic E-state index is 0.0545. The van der Waals surface area contributed by atoms with Gasteiger partial charge in [0, 0.05) is 24.8 Å². The van der Waals surface area contributed by atoms with Gasteiger partial charge in [0.05, 0.1) is 0 Å². The number of ketones is 1. The van der Waals surface area contributed by atoms with Gasteiger partial charge >= 0.3 is 5.97 Å². The molecule has 19 heavy (non-hydrogen) atoms. The number of carbonyl (C=O) groups is 2. The fourth-order valence-corrected chi connectivity index (χ4v) is 3.13. The van der Waals surface area contributed by atoms with Crippen LogP contribution in [0.25, 0.3) is 0 Å². The molecule has 2 aliphatic rings. The van der Waals surface area contributed by atoms with Gasteiger partial charge in [-0.2, -0.15) is 0 Å². The lowest BCUT2D eigenvalue weighted by Gasteiger charge is -2.37. The molecule has 3 rings (SSSR count). The molecule has 1 aromatic carbocycles. The number of Topliss-reactive ketones (excluding diaryl/α,β-unsaturated/α-hetero) is 1. The van der Waals surface area contributed by atoms with Gasteiger partial charge in [-0.15, -0.1) is 0 Å². The predicted molar refractivity (Wildman–Crippen MR) is 70.3 cm³/mol. The Hall–Kier alpha value is -1.90. The number of rotatable bonds is 2. The molecular formula is C16H16O3. The number of hydrogen-bond acceptors (Lipinski definition) is 3. The Balaban J connectivity index is 2.01. The van der Waals surface area contributed by atoms with Crippen LogP contribution in [0, 0.1) is 5.92 Å². The van der Waals surface area contributed by atoms with Crippen LogP contribution in [-0.2, 0) is 19.9 Å². The van der Waals surface area contributed by atoms with Crippen LogP contribution < -0.4 is 0 Å². The zero-order chi connectivity index (χ0) is 13.3. The summed E-state index contributed by atoms with van der Waals surface area (Å²) in [6.07, 6.45) is 6.24. The largest absolute Gasteiger partial charge is 0.446 e. The average Bonchev–Trinajstić information content (AvgIpc) is 2.83. The Morgan fingerprint density at radius 3 is 2.58 bits per heavy atom. The molecule has 0 spiro atoms. The zero-order valence-electron chi connectivity index (χ0n) is 10.7. The third kappa shape index (κ3) is 2.09. The Labute approximate surface area is 112 Å². The summed E-state index contributed by atoms with van der Waals surface area (Å²) in [5, 5.41) is 0. The highest BCUT2D eigenvalue weighted by Gasteiger charge is 2.46. The first kappa shape index (κ1) is 12.2. The zero-order valence-corrected chi connectivity index (χ0v) is 10.7. The summed E-state index contributed by atoms with van der Waals surface area (Å²) in [6, 6.07) is 9.72. The average molecular weight is 256 g/mol. The monoisotopic (exact) mass is 256 g/mol. The highest BCUT2D eigenvalue weighted by molar-refractivity contribution is 5.86. The summed E-state index contributed by atoms with van der Waals surface area (Å²) in [4.78, 5) is 23.3. The molecule has 0 saturated heterocycles. The van der Waals surface area contributed by atoms with Gasteiger partial charge in [0.2, 0.25) is 0 Å². The molecule has 1 heterocycles. The van der Waals surface area contributed by atoms with E-state index in [0.717, 1.165) is 18.4 Å². The second-order valence-electron chi connectivity index (χ2n) is 5.25. The van der Waals surface area contributed by atoms with E-state index in [1.165, 1.54) is 6.08 Å². The molecule has 1 fully saturated rings. The van der Waals surface area contributed by atoms with E-state index in [9.17, 15) is 9.59 Å². The molecule has 1 aromatic rings. The molecular weight excluding hydrogens is 240 g/mol. The highest BCUT2D eigenvalue weighted by Crippen LogP contribution is 2.44. The van der Waals surface area contributed by atoms with Crippen LogP contribution in [0.5, 0.6) is 0 Å². The maximum atomic E-state index is 11.7. The predicted octanol–water partition coefficient (Wildman–Crippen LogP) is 2.75. The van der Waals surface area contributed by atoms with Crippen molar-refractivity contribution in [1.29, 1.82) is 0 Å². The Kier molecular flexibility index (Phi) is 2.97. The van der Waals surface area contributed by atoms with Crippen molar-refractivity contribution in [2.75, 3.05) is 0 Å². The van der Waals surface area contributed by atoms with Crippen LogP contribution in [0.15, 0.2) is 42.5 Å². The smallest absolute Gasteiger partial charge is 0.331 e. The lowest BCUT2D eigenvalue weighted by atomic mass is 9.73. The van der Waals surface area contributed by atoms with Crippen LogP contribution in [-0.4, -0.2) is 11.8 Å². The molecule has 1 aliphatic heterocycles. The normalized spacial score (nSPS) is 30.4. The Bertz CT molecular complexity index is 532. The quantitative estimate of drug-likeness (QED) is 0.764. The fraction of sp³-hybridized carbons (Fsp3) is 0.375. The fourth-order valence-electron chi connectivity index (χ4n) is 3.13. The van der Waals surface area contributed by atoms with E-state index in [0.29, 0.717) is 12.8 Å². The van der Waals surface area contributed by atoms with Gasteiger partial charge < -0.3 is 4.74 Å². The molecule has 0 unspecified atom stereocenters. The van der Waals surface area contributed by atoms with E-state index >= 15 is 0 Å². The molecule has 0 aromatic heterocycles. The van der Waals surface area contributed by atoms with Crippen molar-refractivity contribution in [3.8, 4) is 0 Å². The van der Waals surface area contributed by atoms with Crippen molar-refractivity contribution in [2.45, 2.75) is 31.3 Å². The number of cyclic esters (lactones) is 1. The SMILES string of the molecule is O=C1CCC[C@@H]([C@]2(c3ccccc3)C=CC(=O)O2)C1. The second-order valence-corrected chi connectivity index (χ2v) is 5.25. The molecule has 3 nitrogen and oxygen atoms in total. The van der Waals surface area contributed by atoms with Crippen molar-refractivity contribution in [1.82, 2.24) is 0 Å². The van der Waals surface area contributed by atoms with E-state index in [2.05, 4.69) is 0 Å². The Morgan fingerprint density at radius 1 is 1.16 bits per heavy atom. The maximum absolute atomic E-state index is 11.7. The summed E-state index contributed by atoms with van der Waals surface area (Å²) >= 11 is 0. The van der Waals surface area contributed by atoms with Gasteiger partial charge in [0.1, 0.15) is 5.78 Å². The topological polar surface area (TPSA) is 43.4 Å². The summed E-state index contributed by atoms with van der Waals surface area (Å²) in [5.74, 6) is 0.00336. The van der Waals surface area contributed by atoms with Crippen molar-refractivity contribution in [3.63, 3.8) is 0 Å². The third-order valence-corrected chi connectivity index (χ3v) is 4.05. The van der Waals surface area contributed by atoms with E-state index in [1.54, 1.807) is 0 Å². The van der Waals surface area contributed by atoms with Gasteiger partial charge in [-0.05, 0) is 24.5 Å². The van der Waals surface area contributed by atoms with Gasteiger partial charge in [0.15, 0.2) is 5.60 Å². The molecule has 0 bridgehead atoms. The minimum Gasteiger partial charge on any atom is -0.446 e. The summed E-state index contributed by atoms with van der Waals surface area (Å²) < 4.78 is 5.62. The molecule has 1 aliphatic carbocycles. The standard InChI is InChI=1S/C16H16O3/c17-14-8-4-7-13(11-14)16(10-9-15(18)19-16)12-5-2-1-3-6-12/h1-3,5-6,9-10,13H,4,7-8,11H2/t13-,16-/m1/s1. The van der Waals surface area contributed by atoms with Gasteiger partial charge in [-0.25, -0.2) is 4.79 Å². The van der Waals surface area contributed by atoms with E-state index in [-0.39, 0.29) is 17.7 Å². The summed E-state index contributed by atoms with van der Waals surface area (Å²) in [7, 11) is 0.